The van der Waals surface area contributed by atoms with Crippen molar-refractivity contribution in [2.75, 3.05) is 4.43 Å². The normalized spacial score (nSPS) is 15.8. The molecule has 1 atom stereocenters. The van der Waals surface area contributed by atoms with Crippen LogP contribution in [-0.2, 0) is 0 Å². The first kappa shape index (κ1) is 17.6. The van der Waals surface area contributed by atoms with Crippen LogP contribution < -0.4 is 0 Å². The maximum Gasteiger partial charge on any atom is 0.0468 e. The molecule has 0 aromatic heterocycles. The van der Waals surface area contributed by atoms with Gasteiger partial charge in [-0.15, -0.1) is 0 Å². The van der Waals surface area contributed by atoms with E-state index in [0.717, 1.165) is 23.7 Å². The Bertz CT molecular complexity index is 324. The summed E-state index contributed by atoms with van der Waals surface area (Å²) in [6, 6.07) is 0.451. The van der Waals surface area contributed by atoms with Crippen molar-refractivity contribution in [3.8, 4) is 0 Å². The van der Waals surface area contributed by atoms with Gasteiger partial charge in [0, 0.05) is 22.6 Å². The van der Waals surface area contributed by atoms with E-state index in [4.69, 9.17) is 0 Å². The van der Waals surface area contributed by atoms with Gasteiger partial charge in [0.05, 0.1) is 0 Å². The molecular formula is C16H26IN. The van der Waals surface area contributed by atoms with Gasteiger partial charge in [-0.3, -0.25) is 4.99 Å². The number of hydrogen-bond acceptors (Lipinski definition) is 1. The van der Waals surface area contributed by atoms with Crippen LogP contribution in [0.5, 0.6) is 0 Å². The van der Waals surface area contributed by atoms with Gasteiger partial charge >= 0.3 is 0 Å². The summed E-state index contributed by atoms with van der Waals surface area (Å²) in [5.41, 5.74) is 2.61. The fraction of sp³-hybridized carbons (Fsp3) is 0.562. The van der Waals surface area contributed by atoms with E-state index in [1.807, 2.05) is 0 Å². The van der Waals surface area contributed by atoms with Crippen LogP contribution in [-0.4, -0.2) is 16.2 Å². The average Bonchev–Trinajstić information content (AvgIpc) is 2.34. The summed E-state index contributed by atoms with van der Waals surface area (Å²) in [6.45, 7) is 8.51. The first-order chi connectivity index (χ1) is 8.63. The largest absolute Gasteiger partial charge is 0.291 e. The van der Waals surface area contributed by atoms with Crippen LogP contribution in [0.4, 0.5) is 0 Å². The molecule has 0 rings (SSSR count). The highest BCUT2D eigenvalue weighted by Crippen LogP contribution is 2.07. The zero-order valence-electron chi connectivity index (χ0n) is 12.1. The van der Waals surface area contributed by atoms with Crippen LogP contribution in [0.1, 0.15) is 47.0 Å². The number of nitrogens with zero attached hydrogens (tertiary/aromatic N) is 1. The minimum Gasteiger partial charge on any atom is -0.291 e. The molecule has 0 aromatic carbocycles. The van der Waals surface area contributed by atoms with E-state index in [2.05, 4.69) is 85.7 Å². The van der Waals surface area contributed by atoms with Crippen molar-refractivity contribution in [1.29, 1.82) is 0 Å². The standard InChI is InChI=1S/C16H26IN/c1-5-9-16(12-13-17)11-8-7-10-15(4)18-14(3)6-2/h5,7-9,11,14H,6,10,12-13H2,1-4H3/b8-7-,9-5+,16-11-,18-15?/t14-/m0/s1. The first-order valence-electron chi connectivity index (χ1n) is 6.71. The summed E-state index contributed by atoms with van der Waals surface area (Å²) in [7, 11) is 0. The summed E-state index contributed by atoms with van der Waals surface area (Å²) in [5, 5.41) is 0. The quantitative estimate of drug-likeness (QED) is 0.234. The minimum atomic E-state index is 0.451. The molecule has 0 aliphatic rings. The number of halogens is 1. The number of rotatable bonds is 8. The molecule has 1 nitrogen and oxygen atoms in total. The Kier molecular flexibility index (Phi) is 11.4. The lowest BCUT2D eigenvalue weighted by molar-refractivity contribution is 0.715. The molecular weight excluding hydrogens is 333 g/mol. The maximum atomic E-state index is 4.61. The summed E-state index contributed by atoms with van der Waals surface area (Å²) in [5.74, 6) is 0. The Hall–Kier alpha value is -0.380. The van der Waals surface area contributed by atoms with Crippen LogP contribution in [0.25, 0.3) is 0 Å². The van der Waals surface area contributed by atoms with Crippen LogP contribution in [0, 0.1) is 0 Å². The maximum absolute atomic E-state index is 4.61. The van der Waals surface area contributed by atoms with Crippen LogP contribution in [0.2, 0.25) is 0 Å². The van der Waals surface area contributed by atoms with Gasteiger partial charge < -0.3 is 0 Å². The highest BCUT2D eigenvalue weighted by Gasteiger charge is 1.94. The van der Waals surface area contributed by atoms with Gasteiger partial charge in [-0.25, -0.2) is 0 Å². The van der Waals surface area contributed by atoms with E-state index in [-0.39, 0.29) is 0 Å². The first-order valence-corrected chi connectivity index (χ1v) is 8.24. The van der Waals surface area contributed by atoms with E-state index in [0.29, 0.717) is 6.04 Å². The molecule has 0 N–H and O–H groups in total. The van der Waals surface area contributed by atoms with Crippen molar-refractivity contribution in [2.24, 2.45) is 4.99 Å². The molecule has 2 heteroatoms. The lowest BCUT2D eigenvalue weighted by Gasteiger charge is -2.03. The number of allylic oxidation sites excluding steroid dienone is 6. The Balaban J connectivity index is 4.30. The molecule has 0 aliphatic heterocycles. The van der Waals surface area contributed by atoms with Gasteiger partial charge in [-0.1, -0.05) is 59.9 Å². The predicted molar refractivity (Wildman–Crippen MR) is 93.0 cm³/mol. The fourth-order valence-electron chi connectivity index (χ4n) is 1.50. The molecule has 0 aromatic rings. The minimum absolute atomic E-state index is 0.451. The highest BCUT2D eigenvalue weighted by atomic mass is 127. The summed E-state index contributed by atoms with van der Waals surface area (Å²) < 4.78 is 1.16. The van der Waals surface area contributed by atoms with E-state index < -0.39 is 0 Å². The third kappa shape index (κ3) is 9.63. The van der Waals surface area contributed by atoms with Crippen LogP contribution in [0.3, 0.4) is 0 Å². The third-order valence-corrected chi connectivity index (χ3v) is 3.19. The molecule has 0 fully saturated rings. The Morgan fingerprint density at radius 1 is 1.39 bits per heavy atom. The second kappa shape index (κ2) is 11.7. The van der Waals surface area contributed by atoms with Crippen molar-refractivity contribution in [3.05, 3.63) is 36.0 Å². The van der Waals surface area contributed by atoms with E-state index in [9.17, 15) is 0 Å². The molecule has 102 valence electrons. The van der Waals surface area contributed by atoms with Crippen LogP contribution in [0.15, 0.2) is 40.9 Å². The van der Waals surface area contributed by atoms with Crippen molar-refractivity contribution < 1.29 is 0 Å². The van der Waals surface area contributed by atoms with Gasteiger partial charge in [0.15, 0.2) is 0 Å². The van der Waals surface area contributed by atoms with Crippen molar-refractivity contribution >= 4 is 28.3 Å². The van der Waals surface area contributed by atoms with Crippen molar-refractivity contribution in [2.45, 2.75) is 53.0 Å². The molecule has 0 saturated heterocycles. The molecule has 0 amide bonds. The second-order valence-electron chi connectivity index (χ2n) is 4.43. The Labute approximate surface area is 126 Å². The zero-order chi connectivity index (χ0) is 13.8. The van der Waals surface area contributed by atoms with Crippen molar-refractivity contribution in [3.63, 3.8) is 0 Å². The van der Waals surface area contributed by atoms with E-state index in [1.54, 1.807) is 0 Å². The SMILES string of the molecule is C/C=C/C(=C/C=C\CC(C)=N[C@@H](C)CC)CCI. The zero-order valence-corrected chi connectivity index (χ0v) is 14.3. The lowest BCUT2D eigenvalue weighted by atomic mass is 10.1. The number of alkyl halides is 1. The summed E-state index contributed by atoms with van der Waals surface area (Å²) in [4.78, 5) is 4.61. The van der Waals surface area contributed by atoms with E-state index in [1.165, 1.54) is 11.3 Å². The van der Waals surface area contributed by atoms with Gasteiger partial charge in [0.25, 0.3) is 0 Å². The average molecular weight is 359 g/mol. The molecule has 0 radical (unpaired) electrons. The predicted octanol–water partition coefficient (Wildman–Crippen LogP) is 5.52. The third-order valence-electron chi connectivity index (χ3n) is 2.66. The van der Waals surface area contributed by atoms with Crippen LogP contribution >= 0.6 is 22.6 Å². The molecule has 0 saturated carbocycles. The van der Waals surface area contributed by atoms with Gasteiger partial charge in [-0.05, 0) is 39.2 Å². The van der Waals surface area contributed by atoms with E-state index >= 15 is 0 Å². The van der Waals surface area contributed by atoms with Gasteiger partial charge in [-0.2, -0.15) is 0 Å². The molecule has 0 heterocycles. The van der Waals surface area contributed by atoms with Crippen molar-refractivity contribution in [1.82, 2.24) is 0 Å². The monoisotopic (exact) mass is 359 g/mol. The Morgan fingerprint density at radius 3 is 2.67 bits per heavy atom. The number of aliphatic imine (C=N–C) groups is 1. The fourth-order valence-corrected chi connectivity index (χ4v) is 2.12. The summed E-state index contributed by atoms with van der Waals surface area (Å²) in [6.07, 6.45) is 14.0. The second-order valence-corrected chi connectivity index (χ2v) is 5.51. The Morgan fingerprint density at radius 2 is 2.11 bits per heavy atom. The molecule has 0 bridgehead atoms. The number of hydrogen-bond donors (Lipinski definition) is 0. The molecule has 0 unspecified atom stereocenters. The lowest BCUT2D eigenvalue weighted by Crippen LogP contribution is -2.00. The molecule has 18 heavy (non-hydrogen) atoms. The smallest absolute Gasteiger partial charge is 0.0468 e. The summed E-state index contributed by atoms with van der Waals surface area (Å²) >= 11 is 2.41. The molecule has 0 aliphatic carbocycles. The molecule has 0 spiro atoms. The topological polar surface area (TPSA) is 12.4 Å². The van der Waals surface area contributed by atoms with Gasteiger partial charge in [0.2, 0.25) is 0 Å². The van der Waals surface area contributed by atoms with Gasteiger partial charge in [0.1, 0.15) is 0 Å². The highest BCUT2D eigenvalue weighted by molar-refractivity contribution is 14.1.